The molecule has 0 aliphatic carbocycles. The quantitative estimate of drug-likeness (QED) is 0.740. The second-order valence-corrected chi connectivity index (χ2v) is 5.07. The fourth-order valence-electron chi connectivity index (χ4n) is 2.15. The van der Waals surface area contributed by atoms with Crippen molar-refractivity contribution in [3.63, 3.8) is 0 Å². The van der Waals surface area contributed by atoms with Crippen molar-refractivity contribution in [3.8, 4) is 0 Å². The minimum absolute atomic E-state index is 0.111. The summed E-state index contributed by atoms with van der Waals surface area (Å²) in [5.41, 5.74) is 1.34. The molecular formula is C16H11ClFNO2. The van der Waals surface area contributed by atoms with Crippen molar-refractivity contribution in [2.75, 3.05) is 5.32 Å². The summed E-state index contributed by atoms with van der Waals surface area (Å²) >= 11 is 5.94. The van der Waals surface area contributed by atoms with Crippen LogP contribution in [0.1, 0.15) is 16.1 Å². The Bertz CT molecular complexity index is 841. The Hall–Kier alpha value is -2.33. The SMILES string of the molecule is Cc1c(C(=O)Nc2ccccc2F)oc2ccc(Cl)cc12. The predicted octanol–water partition coefficient (Wildman–Crippen LogP) is 4.79. The van der Waals surface area contributed by atoms with Gasteiger partial charge in [-0.25, -0.2) is 4.39 Å². The first-order valence-corrected chi connectivity index (χ1v) is 6.68. The van der Waals surface area contributed by atoms with Crippen molar-refractivity contribution in [2.24, 2.45) is 0 Å². The lowest BCUT2D eigenvalue weighted by Crippen LogP contribution is -2.13. The second-order valence-electron chi connectivity index (χ2n) is 4.63. The molecule has 106 valence electrons. The van der Waals surface area contributed by atoms with Gasteiger partial charge in [0.1, 0.15) is 11.4 Å². The van der Waals surface area contributed by atoms with E-state index in [9.17, 15) is 9.18 Å². The van der Waals surface area contributed by atoms with Crippen LogP contribution in [0.5, 0.6) is 0 Å². The smallest absolute Gasteiger partial charge is 0.291 e. The monoisotopic (exact) mass is 303 g/mol. The van der Waals surface area contributed by atoms with Crippen molar-refractivity contribution in [1.82, 2.24) is 0 Å². The number of aryl methyl sites for hydroxylation is 1. The van der Waals surface area contributed by atoms with Crippen molar-refractivity contribution < 1.29 is 13.6 Å². The van der Waals surface area contributed by atoms with Gasteiger partial charge in [0.25, 0.3) is 5.91 Å². The fourth-order valence-corrected chi connectivity index (χ4v) is 2.32. The summed E-state index contributed by atoms with van der Waals surface area (Å²) in [6.07, 6.45) is 0. The van der Waals surface area contributed by atoms with E-state index in [-0.39, 0.29) is 11.4 Å². The first-order chi connectivity index (χ1) is 10.1. The highest BCUT2D eigenvalue weighted by atomic mass is 35.5. The zero-order valence-electron chi connectivity index (χ0n) is 11.1. The molecule has 0 saturated carbocycles. The number of furan rings is 1. The van der Waals surface area contributed by atoms with Gasteiger partial charge in [-0.3, -0.25) is 4.79 Å². The maximum absolute atomic E-state index is 13.6. The van der Waals surface area contributed by atoms with E-state index in [1.165, 1.54) is 12.1 Å². The third kappa shape index (κ3) is 2.50. The number of fused-ring (bicyclic) bond motifs is 1. The molecule has 5 heteroatoms. The number of anilines is 1. The zero-order chi connectivity index (χ0) is 15.0. The summed E-state index contributed by atoms with van der Waals surface area (Å²) in [7, 11) is 0. The van der Waals surface area contributed by atoms with Gasteiger partial charge in [0.05, 0.1) is 5.69 Å². The van der Waals surface area contributed by atoms with E-state index < -0.39 is 11.7 Å². The van der Waals surface area contributed by atoms with Crippen LogP contribution in [0.4, 0.5) is 10.1 Å². The van der Waals surface area contributed by atoms with E-state index in [2.05, 4.69) is 5.32 Å². The number of carbonyl (C=O) groups excluding carboxylic acids is 1. The van der Waals surface area contributed by atoms with Crippen LogP contribution in [-0.2, 0) is 0 Å². The number of rotatable bonds is 2. The highest BCUT2D eigenvalue weighted by Crippen LogP contribution is 2.28. The maximum atomic E-state index is 13.6. The molecule has 21 heavy (non-hydrogen) atoms. The van der Waals surface area contributed by atoms with Gasteiger partial charge in [0.2, 0.25) is 0 Å². The summed E-state index contributed by atoms with van der Waals surface area (Å²) in [4.78, 5) is 12.2. The van der Waals surface area contributed by atoms with E-state index in [0.717, 1.165) is 5.39 Å². The van der Waals surface area contributed by atoms with Gasteiger partial charge in [-0.05, 0) is 37.3 Å². The molecule has 3 rings (SSSR count). The Morgan fingerprint density at radius 2 is 2.00 bits per heavy atom. The number of para-hydroxylation sites is 1. The van der Waals surface area contributed by atoms with Crippen LogP contribution in [0.3, 0.4) is 0 Å². The Morgan fingerprint density at radius 1 is 1.24 bits per heavy atom. The van der Waals surface area contributed by atoms with E-state index in [1.54, 1.807) is 37.3 Å². The van der Waals surface area contributed by atoms with Crippen LogP contribution >= 0.6 is 11.6 Å². The van der Waals surface area contributed by atoms with Crippen molar-refractivity contribution in [2.45, 2.75) is 6.92 Å². The molecule has 0 unspecified atom stereocenters. The molecule has 2 aromatic carbocycles. The molecule has 0 atom stereocenters. The summed E-state index contributed by atoms with van der Waals surface area (Å²) in [6, 6.07) is 11.1. The van der Waals surface area contributed by atoms with Gasteiger partial charge < -0.3 is 9.73 Å². The number of hydrogen-bond donors (Lipinski definition) is 1. The minimum Gasteiger partial charge on any atom is -0.451 e. The number of carbonyl (C=O) groups is 1. The van der Waals surface area contributed by atoms with Crippen molar-refractivity contribution >= 4 is 34.2 Å². The molecule has 1 N–H and O–H groups in total. The molecule has 0 saturated heterocycles. The third-order valence-electron chi connectivity index (χ3n) is 3.23. The maximum Gasteiger partial charge on any atom is 0.291 e. The van der Waals surface area contributed by atoms with Gasteiger partial charge in [-0.2, -0.15) is 0 Å². The van der Waals surface area contributed by atoms with Gasteiger partial charge in [0.15, 0.2) is 5.76 Å². The first kappa shape index (κ1) is 13.6. The number of benzene rings is 2. The average Bonchev–Trinajstić information content (AvgIpc) is 2.79. The predicted molar refractivity (Wildman–Crippen MR) is 80.3 cm³/mol. The molecule has 3 aromatic rings. The summed E-state index contributed by atoms with van der Waals surface area (Å²) in [5, 5.41) is 3.83. The largest absolute Gasteiger partial charge is 0.451 e. The Morgan fingerprint density at radius 3 is 2.76 bits per heavy atom. The summed E-state index contributed by atoms with van der Waals surface area (Å²) in [6.45, 7) is 1.76. The van der Waals surface area contributed by atoms with Crippen LogP contribution < -0.4 is 5.32 Å². The third-order valence-corrected chi connectivity index (χ3v) is 3.46. The Kier molecular flexibility index (Phi) is 3.39. The van der Waals surface area contributed by atoms with Crippen LogP contribution in [0.15, 0.2) is 46.9 Å². The molecule has 0 bridgehead atoms. The normalized spacial score (nSPS) is 10.8. The minimum atomic E-state index is -0.498. The zero-order valence-corrected chi connectivity index (χ0v) is 11.9. The topological polar surface area (TPSA) is 42.2 Å². The summed E-state index contributed by atoms with van der Waals surface area (Å²) < 4.78 is 19.1. The molecule has 0 radical (unpaired) electrons. The molecule has 0 aliphatic heterocycles. The highest BCUT2D eigenvalue weighted by Gasteiger charge is 2.18. The van der Waals surface area contributed by atoms with E-state index >= 15 is 0 Å². The number of amides is 1. The van der Waals surface area contributed by atoms with E-state index in [4.69, 9.17) is 16.0 Å². The second kappa shape index (κ2) is 5.22. The van der Waals surface area contributed by atoms with Gasteiger partial charge >= 0.3 is 0 Å². The fraction of sp³-hybridized carbons (Fsp3) is 0.0625. The molecule has 1 aromatic heterocycles. The molecule has 0 spiro atoms. The lowest BCUT2D eigenvalue weighted by atomic mass is 10.1. The Balaban J connectivity index is 1.99. The Labute approximate surface area is 125 Å². The van der Waals surface area contributed by atoms with Crippen molar-refractivity contribution in [3.05, 3.63) is 64.6 Å². The lowest BCUT2D eigenvalue weighted by Gasteiger charge is -2.04. The average molecular weight is 304 g/mol. The van der Waals surface area contributed by atoms with Gasteiger partial charge in [-0.1, -0.05) is 23.7 Å². The molecule has 0 aliphatic rings. The molecule has 0 fully saturated rings. The van der Waals surface area contributed by atoms with Crippen LogP contribution in [0, 0.1) is 12.7 Å². The van der Waals surface area contributed by atoms with Crippen LogP contribution in [-0.4, -0.2) is 5.91 Å². The van der Waals surface area contributed by atoms with Crippen molar-refractivity contribution in [1.29, 1.82) is 0 Å². The molecular weight excluding hydrogens is 293 g/mol. The summed E-state index contributed by atoms with van der Waals surface area (Å²) in [5.74, 6) is -0.844. The molecule has 1 heterocycles. The molecule has 3 nitrogen and oxygen atoms in total. The lowest BCUT2D eigenvalue weighted by molar-refractivity contribution is 0.0997. The van der Waals surface area contributed by atoms with Gasteiger partial charge in [-0.15, -0.1) is 0 Å². The van der Waals surface area contributed by atoms with Crippen LogP contribution in [0.2, 0.25) is 5.02 Å². The highest BCUT2D eigenvalue weighted by molar-refractivity contribution is 6.31. The number of nitrogens with one attached hydrogen (secondary N) is 1. The number of halogens is 2. The standard InChI is InChI=1S/C16H11ClFNO2/c1-9-11-8-10(17)6-7-14(11)21-15(9)16(20)19-13-5-3-2-4-12(13)18/h2-8H,1H3,(H,19,20). The van der Waals surface area contributed by atoms with Gasteiger partial charge in [0, 0.05) is 16.0 Å². The van der Waals surface area contributed by atoms with E-state index in [1.807, 2.05) is 0 Å². The number of hydrogen-bond acceptors (Lipinski definition) is 2. The first-order valence-electron chi connectivity index (χ1n) is 6.31. The molecule has 1 amide bonds. The van der Waals surface area contributed by atoms with Crippen LogP contribution in [0.25, 0.3) is 11.0 Å². The van der Waals surface area contributed by atoms with E-state index in [0.29, 0.717) is 16.2 Å².